The topological polar surface area (TPSA) is 107 Å². The number of rotatable bonds is 30. The van der Waals surface area contributed by atoms with Crippen LogP contribution in [0.3, 0.4) is 0 Å². The van der Waals surface area contributed by atoms with Gasteiger partial charge in [0.05, 0.1) is 39.6 Å². The minimum atomic E-state index is -0.334. The van der Waals surface area contributed by atoms with Crippen LogP contribution in [0.15, 0.2) is 127 Å². The minimum Gasteiger partial charge on any atom is -0.493 e. The van der Waals surface area contributed by atoms with Gasteiger partial charge in [0.15, 0.2) is 0 Å². The van der Waals surface area contributed by atoms with E-state index in [1.165, 1.54) is 18.2 Å². The van der Waals surface area contributed by atoms with Crippen LogP contribution < -0.4 is 14.2 Å². The van der Waals surface area contributed by atoms with E-state index in [0.717, 1.165) is 93.7 Å². The van der Waals surface area contributed by atoms with Crippen LogP contribution in [0, 0.1) is 0 Å². The summed E-state index contributed by atoms with van der Waals surface area (Å²) in [6.07, 6.45) is 20.2. The second kappa shape index (κ2) is 30.0. The zero-order valence-electron chi connectivity index (χ0n) is 34.8. The molecule has 0 unspecified atom stereocenters. The Morgan fingerprint density at radius 1 is 0.333 bits per heavy atom. The third-order valence-electron chi connectivity index (χ3n) is 9.14. The molecule has 0 saturated carbocycles. The van der Waals surface area contributed by atoms with E-state index >= 15 is 0 Å². The van der Waals surface area contributed by atoms with Crippen LogP contribution in [0.25, 0.3) is 18.2 Å². The molecule has 0 aliphatic heterocycles. The summed E-state index contributed by atoms with van der Waals surface area (Å²) in [6.45, 7) is 2.79. The highest BCUT2D eigenvalue weighted by atomic mass is 16.5. The van der Waals surface area contributed by atoms with Crippen molar-refractivity contribution < 1.29 is 42.8 Å². The van der Waals surface area contributed by atoms with Crippen molar-refractivity contribution in [1.82, 2.24) is 0 Å². The summed E-state index contributed by atoms with van der Waals surface area (Å²) in [6, 6.07) is 34.7. The molecule has 0 atom stereocenters. The summed E-state index contributed by atoms with van der Waals surface area (Å²) < 4.78 is 34.4. The van der Waals surface area contributed by atoms with Crippen LogP contribution in [0.5, 0.6) is 17.2 Å². The number of hydrogen-bond acceptors (Lipinski definition) is 9. The first-order valence-electron chi connectivity index (χ1n) is 21.3. The molecule has 0 aliphatic carbocycles. The molecule has 0 heterocycles. The lowest BCUT2D eigenvalue weighted by Crippen LogP contribution is -2.04. The van der Waals surface area contributed by atoms with Gasteiger partial charge in [-0.15, -0.1) is 0 Å². The predicted molar refractivity (Wildman–Crippen MR) is 238 cm³/mol. The van der Waals surface area contributed by atoms with Gasteiger partial charge in [-0.3, -0.25) is 0 Å². The van der Waals surface area contributed by atoms with Gasteiger partial charge < -0.3 is 28.4 Å². The van der Waals surface area contributed by atoms with Gasteiger partial charge in [-0.05, 0) is 112 Å². The largest absolute Gasteiger partial charge is 0.493 e. The van der Waals surface area contributed by atoms with Gasteiger partial charge in [0, 0.05) is 36.4 Å². The summed E-state index contributed by atoms with van der Waals surface area (Å²) in [7, 11) is 0. The summed E-state index contributed by atoms with van der Waals surface area (Å²) >= 11 is 0. The van der Waals surface area contributed by atoms with Gasteiger partial charge in [-0.1, -0.05) is 91.0 Å². The maximum absolute atomic E-state index is 12.0. The van der Waals surface area contributed by atoms with Crippen LogP contribution in [-0.2, 0) is 28.6 Å². The van der Waals surface area contributed by atoms with E-state index in [-0.39, 0.29) is 17.9 Å². The van der Waals surface area contributed by atoms with Gasteiger partial charge in [0.2, 0.25) is 0 Å². The Bertz CT molecular complexity index is 1640. The number of carbonyl (C=O) groups excluding carboxylic acids is 3. The first-order chi connectivity index (χ1) is 29.5. The molecule has 0 radical (unpaired) electrons. The zero-order chi connectivity index (χ0) is 42.1. The Hall–Kier alpha value is -6.09. The first kappa shape index (κ1) is 46.6. The minimum absolute atomic E-state index is 0.334. The van der Waals surface area contributed by atoms with Crippen LogP contribution in [0.1, 0.15) is 93.7 Å². The second-order valence-corrected chi connectivity index (χ2v) is 14.2. The van der Waals surface area contributed by atoms with Gasteiger partial charge in [0.25, 0.3) is 0 Å². The Balaban J connectivity index is 1.11. The molecule has 0 fully saturated rings. The maximum atomic E-state index is 12.0. The third-order valence-corrected chi connectivity index (χ3v) is 9.14. The van der Waals surface area contributed by atoms with E-state index in [0.29, 0.717) is 56.9 Å². The summed E-state index contributed by atoms with van der Waals surface area (Å²) in [5.41, 5.74) is 2.87. The summed E-state index contributed by atoms with van der Waals surface area (Å²) in [5.74, 6) is 1.06. The van der Waals surface area contributed by atoms with Crippen molar-refractivity contribution in [3.05, 3.63) is 144 Å². The highest BCUT2D eigenvalue weighted by Gasteiger charge is 2.07. The van der Waals surface area contributed by atoms with Crippen molar-refractivity contribution in [1.29, 1.82) is 0 Å². The Morgan fingerprint density at radius 3 is 0.850 bits per heavy atom. The molecule has 60 heavy (non-hydrogen) atoms. The fraction of sp³-hybridized carbons (Fsp3) is 0.353. The molecule has 9 heteroatoms. The molecule has 0 spiro atoms. The highest BCUT2D eigenvalue weighted by molar-refractivity contribution is 5.88. The average molecular weight is 817 g/mol. The Morgan fingerprint density at radius 2 is 0.583 bits per heavy atom. The SMILES string of the molecule is O=C(/C=C/c1ccccc1)OCCCCCCOc1cc(OCCCCCCOC(=O)/C=C/c2ccccc2)cc(OCCCCCCOC(=O)/C=C/c2ccccc2)c1. The van der Waals surface area contributed by atoms with Crippen LogP contribution in [-0.4, -0.2) is 57.5 Å². The second-order valence-electron chi connectivity index (χ2n) is 14.2. The molecule has 0 amide bonds. The zero-order valence-corrected chi connectivity index (χ0v) is 34.8. The van der Waals surface area contributed by atoms with Crippen LogP contribution in [0.2, 0.25) is 0 Å². The van der Waals surface area contributed by atoms with E-state index in [9.17, 15) is 14.4 Å². The summed E-state index contributed by atoms with van der Waals surface area (Å²) in [5, 5.41) is 0. The average Bonchev–Trinajstić information content (AvgIpc) is 3.28. The molecular weight excluding hydrogens is 757 g/mol. The molecule has 4 aromatic rings. The fourth-order valence-corrected chi connectivity index (χ4v) is 5.89. The maximum Gasteiger partial charge on any atom is 0.330 e. The summed E-state index contributed by atoms with van der Waals surface area (Å²) in [4.78, 5) is 36.0. The van der Waals surface area contributed by atoms with Gasteiger partial charge in [-0.2, -0.15) is 0 Å². The fourth-order valence-electron chi connectivity index (χ4n) is 5.89. The van der Waals surface area contributed by atoms with Gasteiger partial charge in [0.1, 0.15) is 17.2 Å². The predicted octanol–water partition coefficient (Wildman–Crippen LogP) is 11.3. The third kappa shape index (κ3) is 22.2. The normalized spacial score (nSPS) is 11.2. The van der Waals surface area contributed by atoms with Crippen LogP contribution >= 0.6 is 0 Å². The van der Waals surface area contributed by atoms with E-state index in [2.05, 4.69) is 0 Å². The number of hydrogen-bond donors (Lipinski definition) is 0. The molecule has 4 aromatic carbocycles. The van der Waals surface area contributed by atoms with E-state index in [1.807, 2.05) is 109 Å². The molecule has 0 N–H and O–H groups in total. The first-order valence-corrected chi connectivity index (χ1v) is 21.3. The lowest BCUT2D eigenvalue weighted by Gasteiger charge is -2.13. The number of benzene rings is 4. The van der Waals surface area contributed by atoms with Gasteiger partial charge >= 0.3 is 17.9 Å². The van der Waals surface area contributed by atoms with E-state index < -0.39 is 0 Å². The monoisotopic (exact) mass is 816 g/mol. The quantitative estimate of drug-likeness (QED) is 0.0220. The number of ether oxygens (including phenoxy) is 6. The molecule has 0 aliphatic rings. The lowest BCUT2D eigenvalue weighted by molar-refractivity contribution is -0.138. The van der Waals surface area contributed by atoms with Crippen molar-refractivity contribution in [3.8, 4) is 17.2 Å². The van der Waals surface area contributed by atoms with Crippen molar-refractivity contribution in [2.24, 2.45) is 0 Å². The Labute approximate surface area is 356 Å². The van der Waals surface area contributed by atoms with Crippen LogP contribution in [0.4, 0.5) is 0 Å². The van der Waals surface area contributed by atoms with Crippen molar-refractivity contribution in [3.63, 3.8) is 0 Å². The van der Waals surface area contributed by atoms with Gasteiger partial charge in [-0.25, -0.2) is 14.4 Å². The van der Waals surface area contributed by atoms with E-state index in [1.54, 1.807) is 18.2 Å². The molecule has 0 bridgehead atoms. The molecule has 4 rings (SSSR count). The molecule has 9 nitrogen and oxygen atoms in total. The van der Waals surface area contributed by atoms with Crippen molar-refractivity contribution in [2.75, 3.05) is 39.6 Å². The lowest BCUT2D eigenvalue weighted by atomic mass is 10.2. The van der Waals surface area contributed by atoms with E-state index in [4.69, 9.17) is 28.4 Å². The molecular formula is C51H60O9. The standard InChI is InChI=1S/C51H60O9/c52-49(31-28-43-22-10-7-11-23-43)58-37-19-4-1-16-34-55-46-40-47(56-35-17-2-5-20-38-59-50(53)32-29-44-24-12-8-13-25-44)42-48(41-46)57-36-18-3-6-21-39-60-51(54)33-30-45-26-14-9-15-27-45/h7-15,22-33,40-42H,1-6,16-21,34-39H2/b31-28+,32-29+,33-30+. The smallest absolute Gasteiger partial charge is 0.330 e. The molecule has 0 aromatic heterocycles. The Kier molecular flexibility index (Phi) is 23.3. The molecule has 318 valence electrons. The highest BCUT2D eigenvalue weighted by Crippen LogP contribution is 2.29. The van der Waals surface area contributed by atoms with Crippen molar-refractivity contribution in [2.45, 2.75) is 77.0 Å². The number of carbonyl (C=O) groups is 3. The molecule has 0 saturated heterocycles. The van der Waals surface area contributed by atoms with Crippen molar-refractivity contribution >= 4 is 36.1 Å². The number of unbranched alkanes of at least 4 members (excludes halogenated alkanes) is 9. The number of esters is 3.